The third kappa shape index (κ3) is 2.81. The molecular formula is C9H17NO2. The molecule has 0 bridgehead atoms. The Kier molecular flexibility index (Phi) is 3.53. The van der Waals surface area contributed by atoms with Gasteiger partial charge in [-0.25, -0.2) is 0 Å². The molecule has 1 amide bonds. The Hall–Kier alpha value is -0.570. The number of morpholine rings is 1. The van der Waals surface area contributed by atoms with Gasteiger partial charge in [-0.1, -0.05) is 13.8 Å². The molecule has 0 aromatic carbocycles. The van der Waals surface area contributed by atoms with E-state index >= 15 is 0 Å². The molecule has 1 heterocycles. The standard InChI is InChI=1S/C9H17NO2/c1-8(2)7-9(11)10-3-5-12-6-4-10/h8H,3-7H2,1-2H3. The fourth-order valence-electron chi connectivity index (χ4n) is 1.29. The van der Waals surface area contributed by atoms with Crippen molar-refractivity contribution in [3.05, 3.63) is 0 Å². The van der Waals surface area contributed by atoms with E-state index in [1.165, 1.54) is 0 Å². The van der Waals surface area contributed by atoms with Crippen molar-refractivity contribution >= 4 is 5.91 Å². The van der Waals surface area contributed by atoms with Crippen molar-refractivity contribution in [1.29, 1.82) is 0 Å². The van der Waals surface area contributed by atoms with Gasteiger partial charge in [0.05, 0.1) is 13.2 Å². The minimum Gasteiger partial charge on any atom is -0.378 e. The van der Waals surface area contributed by atoms with Crippen molar-refractivity contribution in [3.63, 3.8) is 0 Å². The van der Waals surface area contributed by atoms with Gasteiger partial charge in [0.2, 0.25) is 5.91 Å². The summed E-state index contributed by atoms with van der Waals surface area (Å²) in [4.78, 5) is 13.4. The molecule has 3 heteroatoms. The van der Waals surface area contributed by atoms with E-state index in [4.69, 9.17) is 4.74 Å². The lowest BCUT2D eigenvalue weighted by Crippen LogP contribution is -2.41. The molecule has 0 radical (unpaired) electrons. The zero-order valence-electron chi connectivity index (χ0n) is 7.88. The highest BCUT2D eigenvalue weighted by Gasteiger charge is 2.16. The maximum absolute atomic E-state index is 11.5. The second-order valence-electron chi connectivity index (χ2n) is 3.59. The second-order valence-corrected chi connectivity index (χ2v) is 3.59. The van der Waals surface area contributed by atoms with Gasteiger partial charge in [0.15, 0.2) is 0 Å². The molecule has 3 nitrogen and oxygen atoms in total. The van der Waals surface area contributed by atoms with Crippen LogP contribution in [0, 0.1) is 5.92 Å². The minimum absolute atomic E-state index is 0.272. The number of nitrogens with zero attached hydrogens (tertiary/aromatic N) is 1. The zero-order chi connectivity index (χ0) is 8.97. The topological polar surface area (TPSA) is 29.5 Å². The summed E-state index contributed by atoms with van der Waals surface area (Å²) < 4.78 is 5.16. The number of carbonyl (C=O) groups excluding carboxylic acids is 1. The van der Waals surface area contributed by atoms with Crippen LogP contribution < -0.4 is 0 Å². The zero-order valence-corrected chi connectivity index (χ0v) is 7.88. The predicted molar refractivity (Wildman–Crippen MR) is 46.9 cm³/mol. The van der Waals surface area contributed by atoms with E-state index in [2.05, 4.69) is 13.8 Å². The molecule has 0 N–H and O–H groups in total. The molecule has 0 unspecified atom stereocenters. The average Bonchev–Trinajstić information content (AvgIpc) is 2.05. The summed E-state index contributed by atoms with van der Waals surface area (Å²) in [5.74, 6) is 0.730. The summed E-state index contributed by atoms with van der Waals surface area (Å²) in [7, 11) is 0. The van der Waals surface area contributed by atoms with Crippen molar-refractivity contribution < 1.29 is 9.53 Å². The minimum atomic E-state index is 0.272. The average molecular weight is 171 g/mol. The van der Waals surface area contributed by atoms with Crippen molar-refractivity contribution in [3.8, 4) is 0 Å². The molecule has 1 rings (SSSR count). The molecule has 0 aromatic heterocycles. The highest BCUT2D eigenvalue weighted by Crippen LogP contribution is 2.05. The SMILES string of the molecule is CC(C)CC(=O)N1CCOCC1. The first-order valence-corrected chi connectivity index (χ1v) is 4.55. The molecule has 0 aromatic rings. The van der Waals surface area contributed by atoms with Gasteiger partial charge in [-0.2, -0.15) is 0 Å². The first-order chi connectivity index (χ1) is 5.70. The lowest BCUT2D eigenvalue weighted by molar-refractivity contribution is -0.136. The number of ether oxygens (including phenoxy) is 1. The van der Waals surface area contributed by atoms with E-state index in [1.807, 2.05) is 4.90 Å². The van der Waals surface area contributed by atoms with Crippen LogP contribution in [0.5, 0.6) is 0 Å². The van der Waals surface area contributed by atoms with E-state index in [1.54, 1.807) is 0 Å². The predicted octanol–water partition coefficient (Wildman–Crippen LogP) is 0.891. The quantitative estimate of drug-likeness (QED) is 0.617. The highest BCUT2D eigenvalue weighted by molar-refractivity contribution is 5.76. The molecule has 0 atom stereocenters. The van der Waals surface area contributed by atoms with Crippen molar-refractivity contribution in [2.24, 2.45) is 5.92 Å². The van der Waals surface area contributed by atoms with Crippen molar-refractivity contribution in [2.75, 3.05) is 26.3 Å². The van der Waals surface area contributed by atoms with E-state index in [0.29, 0.717) is 25.6 Å². The van der Waals surface area contributed by atoms with E-state index in [0.717, 1.165) is 13.1 Å². The largest absolute Gasteiger partial charge is 0.378 e. The Morgan fingerprint density at radius 1 is 1.42 bits per heavy atom. The Balaban J connectivity index is 2.30. The summed E-state index contributed by atoms with van der Waals surface area (Å²) in [5, 5.41) is 0. The first kappa shape index (κ1) is 9.52. The Morgan fingerprint density at radius 2 is 2.00 bits per heavy atom. The van der Waals surface area contributed by atoms with Crippen LogP contribution in [0.15, 0.2) is 0 Å². The number of amides is 1. The van der Waals surface area contributed by atoms with Crippen LogP contribution in [0.4, 0.5) is 0 Å². The van der Waals surface area contributed by atoms with Gasteiger partial charge >= 0.3 is 0 Å². The van der Waals surface area contributed by atoms with Crippen LogP contribution in [-0.2, 0) is 9.53 Å². The fourth-order valence-corrected chi connectivity index (χ4v) is 1.29. The summed E-state index contributed by atoms with van der Waals surface area (Å²) in [5.41, 5.74) is 0. The molecule has 1 aliphatic rings. The Bertz CT molecular complexity index is 151. The van der Waals surface area contributed by atoms with E-state index in [-0.39, 0.29) is 5.91 Å². The number of rotatable bonds is 2. The molecule has 0 saturated carbocycles. The molecule has 1 aliphatic heterocycles. The van der Waals surface area contributed by atoms with Crippen LogP contribution in [0.25, 0.3) is 0 Å². The maximum atomic E-state index is 11.5. The van der Waals surface area contributed by atoms with E-state index in [9.17, 15) is 4.79 Å². The summed E-state index contributed by atoms with van der Waals surface area (Å²) in [6.07, 6.45) is 0.667. The van der Waals surface area contributed by atoms with Crippen LogP contribution in [0.1, 0.15) is 20.3 Å². The van der Waals surface area contributed by atoms with Gasteiger partial charge in [-0.05, 0) is 5.92 Å². The molecule has 0 spiro atoms. The fraction of sp³-hybridized carbons (Fsp3) is 0.889. The monoisotopic (exact) mass is 171 g/mol. The Labute approximate surface area is 73.7 Å². The van der Waals surface area contributed by atoms with Gasteiger partial charge < -0.3 is 9.64 Å². The molecular weight excluding hydrogens is 154 g/mol. The third-order valence-corrected chi connectivity index (χ3v) is 1.95. The maximum Gasteiger partial charge on any atom is 0.222 e. The van der Waals surface area contributed by atoms with Crippen molar-refractivity contribution in [2.45, 2.75) is 20.3 Å². The third-order valence-electron chi connectivity index (χ3n) is 1.95. The number of hydrogen-bond donors (Lipinski definition) is 0. The van der Waals surface area contributed by atoms with Gasteiger partial charge in [0.25, 0.3) is 0 Å². The number of hydrogen-bond acceptors (Lipinski definition) is 2. The van der Waals surface area contributed by atoms with Crippen LogP contribution in [0.2, 0.25) is 0 Å². The first-order valence-electron chi connectivity index (χ1n) is 4.55. The van der Waals surface area contributed by atoms with Gasteiger partial charge in [-0.3, -0.25) is 4.79 Å². The normalized spacial score (nSPS) is 18.4. The highest BCUT2D eigenvalue weighted by atomic mass is 16.5. The lowest BCUT2D eigenvalue weighted by atomic mass is 10.1. The van der Waals surface area contributed by atoms with Crippen LogP contribution in [0.3, 0.4) is 0 Å². The Morgan fingerprint density at radius 3 is 2.50 bits per heavy atom. The molecule has 1 saturated heterocycles. The van der Waals surface area contributed by atoms with E-state index < -0.39 is 0 Å². The summed E-state index contributed by atoms with van der Waals surface area (Å²) in [6, 6.07) is 0. The second kappa shape index (κ2) is 4.45. The summed E-state index contributed by atoms with van der Waals surface area (Å²) >= 11 is 0. The molecule has 1 fully saturated rings. The van der Waals surface area contributed by atoms with Gasteiger partial charge in [0, 0.05) is 19.5 Å². The van der Waals surface area contributed by atoms with Crippen molar-refractivity contribution in [1.82, 2.24) is 4.90 Å². The van der Waals surface area contributed by atoms with Crippen LogP contribution in [-0.4, -0.2) is 37.1 Å². The number of carbonyl (C=O) groups is 1. The van der Waals surface area contributed by atoms with Gasteiger partial charge in [0.1, 0.15) is 0 Å². The molecule has 0 aliphatic carbocycles. The molecule has 70 valence electrons. The summed E-state index contributed by atoms with van der Waals surface area (Å²) in [6.45, 7) is 7.07. The van der Waals surface area contributed by atoms with Crippen LogP contribution >= 0.6 is 0 Å². The lowest BCUT2D eigenvalue weighted by Gasteiger charge is -2.27. The smallest absolute Gasteiger partial charge is 0.222 e. The molecule has 12 heavy (non-hydrogen) atoms. The van der Waals surface area contributed by atoms with Gasteiger partial charge in [-0.15, -0.1) is 0 Å².